The smallest absolute Gasteiger partial charge is 0.266 e. The lowest BCUT2D eigenvalue weighted by Gasteiger charge is -2.14. The van der Waals surface area contributed by atoms with Crippen LogP contribution in [0.2, 0.25) is 0 Å². The van der Waals surface area contributed by atoms with Gasteiger partial charge < -0.3 is 14.8 Å². The molecule has 1 amide bonds. The molecule has 3 rings (SSSR count). The van der Waals surface area contributed by atoms with E-state index in [4.69, 9.17) is 0 Å². The fourth-order valence-corrected chi connectivity index (χ4v) is 3.29. The van der Waals surface area contributed by atoms with Gasteiger partial charge in [-0.15, -0.1) is 0 Å². The second-order valence-corrected chi connectivity index (χ2v) is 7.18. The quantitative estimate of drug-likeness (QED) is 0.490. The van der Waals surface area contributed by atoms with Gasteiger partial charge in [-0.25, -0.2) is 4.39 Å². The van der Waals surface area contributed by atoms with E-state index in [1.807, 2.05) is 69.2 Å². The molecule has 0 atom stereocenters. The van der Waals surface area contributed by atoms with E-state index in [2.05, 4.69) is 9.88 Å². The van der Waals surface area contributed by atoms with E-state index in [1.54, 1.807) is 6.07 Å². The summed E-state index contributed by atoms with van der Waals surface area (Å²) in [7, 11) is 3.97. The third-order valence-corrected chi connectivity index (χ3v) is 4.88. The lowest BCUT2D eigenvalue weighted by atomic mass is 10.1. The monoisotopic (exact) mass is 402 g/mol. The van der Waals surface area contributed by atoms with E-state index in [-0.39, 0.29) is 11.3 Å². The standard InChI is InChI=1S/C24H23FN4O/c1-16-13-18(17(2)29(16)21-11-9-20(10-12-21)28(3)4)14-19(15-26)24(30)27-23-8-6-5-7-22(23)25/h5-14H,1-4H3,(H,27,30)/b19-14-. The van der Waals surface area contributed by atoms with Gasteiger partial charge in [0.25, 0.3) is 5.91 Å². The Morgan fingerprint density at radius 3 is 2.40 bits per heavy atom. The topological polar surface area (TPSA) is 61.1 Å². The van der Waals surface area contributed by atoms with Crippen molar-refractivity contribution in [1.82, 2.24) is 4.57 Å². The predicted molar refractivity (Wildman–Crippen MR) is 118 cm³/mol. The third kappa shape index (κ3) is 4.26. The molecule has 6 heteroatoms. The first-order valence-corrected chi connectivity index (χ1v) is 9.46. The van der Waals surface area contributed by atoms with Gasteiger partial charge in [-0.3, -0.25) is 4.79 Å². The number of nitrogens with zero attached hydrogens (tertiary/aromatic N) is 3. The number of aromatic nitrogens is 1. The summed E-state index contributed by atoms with van der Waals surface area (Å²) in [4.78, 5) is 14.5. The largest absolute Gasteiger partial charge is 0.378 e. The number of anilines is 2. The molecule has 1 N–H and O–H groups in total. The van der Waals surface area contributed by atoms with Gasteiger partial charge in [0.2, 0.25) is 0 Å². The number of benzene rings is 2. The maximum Gasteiger partial charge on any atom is 0.266 e. The van der Waals surface area contributed by atoms with Crippen LogP contribution in [-0.2, 0) is 4.79 Å². The van der Waals surface area contributed by atoms with Crippen molar-refractivity contribution in [2.45, 2.75) is 13.8 Å². The summed E-state index contributed by atoms with van der Waals surface area (Å²) >= 11 is 0. The van der Waals surface area contributed by atoms with Gasteiger partial charge in [0.15, 0.2) is 0 Å². The minimum absolute atomic E-state index is 0.0371. The van der Waals surface area contributed by atoms with Crippen molar-refractivity contribution in [3.8, 4) is 11.8 Å². The Hall–Kier alpha value is -3.85. The van der Waals surface area contributed by atoms with Crippen molar-refractivity contribution in [3.05, 3.63) is 82.9 Å². The normalized spacial score (nSPS) is 11.1. The first-order chi connectivity index (χ1) is 14.3. The molecule has 0 aliphatic rings. The number of aryl methyl sites for hydroxylation is 1. The second-order valence-electron chi connectivity index (χ2n) is 7.18. The average molecular weight is 402 g/mol. The summed E-state index contributed by atoms with van der Waals surface area (Å²) < 4.78 is 15.9. The molecule has 1 heterocycles. The number of nitrogens with one attached hydrogen (secondary N) is 1. The Morgan fingerprint density at radius 2 is 1.80 bits per heavy atom. The van der Waals surface area contributed by atoms with Crippen molar-refractivity contribution in [1.29, 1.82) is 5.26 Å². The molecule has 0 spiro atoms. The zero-order valence-corrected chi connectivity index (χ0v) is 17.4. The van der Waals surface area contributed by atoms with Crippen LogP contribution in [0.1, 0.15) is 17.0 Å². The molecule has 0 fully saturated rings. The number of hydrogen-bond acceptors (Lipinski definition) is 3. The Labute approximate surface area is 175 Å². The Kier molecular flexibility index (Phi) is 6.03. The lowest BCUT2D eigenvalue weighted by molar-refractivity contribution is -0.112. The van der Waals surface area contributed by atoms with Crippen molar-refractivity contribution in [2.75, 3.05) is 24.3 Å². The Morgan fingerprint density at radius 1 is 1.13 bits per heavy atom. The predicted octanol–water partition coefficient (Wildman–Crippen LogP) is 4.84. The van der Waals surface area contributed by atoms with Crippen LogP contribution >= 0.6 is 0 Å². The average Bonchev–Trinajstić information content (AvgIpc) is 3.00. The lowest BCUT2D eigenvalue weighted by Crippen LogP contribution is -2.14. The molecular formula is C24H23FN4O. The minimum Gasteiger partial charge on any atom is -0.378 e. The summed E-state index contributed by atoms with van der Waals surface area (Å²) in [5.74, 6) is -1.20. The van der Waals surface area contributed by atoms with Crippen LogP contribution in [-0.4, -0.2) is 24.6 Å². The van der Waals surface area contributed by atoms with Gasteiger partial charge in [-0.2, -0.15) is 5.26 Å². The van der Waals surface area contributed by atoms with Crippen LogP contribution < -0.4 is 10.2 Å². The number of amides is 1. The molecule has 2 aromatic carbocycles. The molecule has 0 radical (unpaired) electrons. The van der Waals surface area contributed by atoms with Gasteiger partial charge in [-0.05, 0) is 68.0 Å². The molecule has 0 aliphatic heterocycles. The van der Waals surface area contributed by atoms with Gasteiger partial charge >= 0.3 is 0 Å². The van der Waals surface area contributed by atoms with Crippen LogP contribution in [0.15, 0.2) is 60.2 Å². The van der Waals surface area contributed by atoms with Gasteiger partial charge in [0.05, 0.1) is 5.69 Å². The number of nitriles is 1. The molecular weight excluding hydrogens is 379 g/mol. The van der Waals surface area contributed by atoms with Crippen molar-refractivity contribution < 1.29 is 9.18 Å². The van der Waals surface area contributed by atoms with E-state index in [1.165, 1.54) is 24.3 Å². The van der Waals surface area contributed by atoms with Crippen molar-refractivity contribution in [2.24, 2.45) is 0 Å². The van der Waals surface area contributed by atoms with Crippen LogP contribution in [0.4, 0.5) is 15.8 Å². The van der Waals surface area contributed by atoms with Crippen LogP contribution in [0.5, 0.6) is 0 Å². The summed E-state index contributed by atoms with van der Waals surface area (Å²) in [6, 6.07) is 17.8. The zero-order valence-electron chi connectivity index (χ0n) is 17.4. The number of halogens is 1. The molecule has 0 aliphatic carbocycles. The minimum atomic E-state index is -0.650. The number of para-hydroxylation sites is 1. The summed E-state index contributed by atoms with van der Waals surface area (Å²) in [5, 5.41) is 11.9. The Balaban J connectivity index is 1.92. The van der Waals surface area contributed by atoms with E-state index >= 15 is 0 Å². The van der Waals surface area contributed by atoms with Gasteiger partial charge in [0.1, 0.15) is 17.5 Å². The van der Waals surface area contributed by atoms with Crippen molar-refractivity contribution >= 4 is 23.4 Å². The Bertz CT molecular complexity index is 1150. The fraction of sp³-hybridized carbons (Fsp3) is 0.167. The highest BCUT2D eigenvalue weighted by Crippen LogP contribution is 2.25. The highest BCUT2D eigenvalue weighted by atomic mass is 19.1. The molecule has 5 nitrogen and oxygen atoms in total. The van der Waals surface area contributed by atoms with Gasteiger partial charge in [-0.1, -0.05) is 12.1 Å². The third-order valence-electron chi connectivity index (χ3n) is 4.88. The molecule has 152 valence electrons. The zero-order chi connectivity index (χ0) is 21.8. The number of hydrogen-bond donors (Lipinski definition) is 1. The summed E-state index contributed by atoms with van der Waals surface area (Å²) in [6.45, 7) is 3.90. The van der Waals surface area contributed by atoms with Gasteiger partial charge in [0, 0.05) is 36.9 Å². The molecule has 0 unspecified atom stereocenters. The maximum absolute atomic E-state index is 13.8. The van der Waals surface area contributed by atoms with Crippen LogP contribution in [0.25, 0.3) is 11.8 Å². The van der Waals surface area contributed by atoms with E-state index in [9.17, 15) is 14.4 Å². The molecule has 0 bridgehead atoms. The molecule has 3 aromatic rings. The van der Waals surface area contributed by atoms with E-state index in [0.717, 1.165) is 28.3 Å². The molecule has 0 saturated carbocycles. The van der Waals surface area contributed by atoms with E-state index < -0.39 is 11.7 Å². The maximum atomic E-state index is 13.8. The first-order valence-electron chi connectivity index (χ1n) is 9.46. The number of carbonyl (C=O) groups is 1. The van der Waals surface area contributed by atoms with Crippen molar-refractivity contribution in [3.63, 3.8) is 0 Å². The number of carbonyl (C=O) groups excluding carboxylic acids is 1. The summed E-state index contributed by atoms with van der Waals surface area (Å²) in [6.07, 6.45) is 1.53. The first kappa shape index (κ1) is 20.9. The fourth-order valence-electron chi connectivity index (χ4n) is 3.29. The SMILES string of the molecule is Cc1cc(/C=C(/C#N)C(=O)Nc2ccccc2F)c(C)n1-c1ccc(N(C)C)cc1. The summed E-state index contributed by atoms with van der Waals surface area (Å²) in [5.41, 5.74) is 4.66. The van der Waals surface area contributed by atoms with Crippen LogP contribution in [0.3, 0.4) is 0 Å². The molecule has 0 saturated heterocycles. The molecule has 30 heavy (non-hydrogen) atoms. The van der Waals surface area contributed by atoms with Crippen LogP contribution in [0, 0.1) is 31.0 Å². The molecule has 1 aromatic heterocycles. The highest BCUT2D eigenvalue weighted by Gasteiger charge is 2.15. The highest BCUT2D eigenvalue weighted by molar-refractivity contribution is 6.09. The number of rotatable bonds is 5. The second kappa shape index (κ2) is 8.66. The van der Waals surface area contributed by atoms with E-state index in [0.29, 0.717) is 0 Å².